The number of hydrogen-bond acceptors (Lipinski definition) is 5. The number of carbonyl (C=O) groups is 1. The summed E-state index contributed by atoms with van der Waals surface area (Å²) >= 11 is 1.37. The molecule has 0 spiro atoms. The molecule has 3 atom stereocenters. The molecule has 1 saturated carbocycles. The number of thioether (sulfide) groups is 1. The highest BCUT2D eigenvalue weighted by molar-refractivity contribution is 7.99. The summed E-state index contributed by atoms with van der Waals surface area (Å²) < 4.78 is 1.69. The highest BCUT2D eigenvalue weighted by Gasteiger charge is 2.28. The fourth-order valence-corrected chi connectivity index (χ4v) is 4.30. The summed E-state index contributed by atoms with van der Waals surface area (Å²) in [6.07, 6.45) is 3.52. The van der Waals surface area contributed by atoms with E-state index in [1.165, 1.54) is 30.2 Å². The highest BCUT2D eigenvalue weighted by Crippen LogP contribution is 2.29. The fraction of sp³-hybridized carbons (Fsp3) is 0.600. The lowest BCUT2D eigenvalue weighted by Gasteiger charge is -2.34. The van der Waals surface area contributed by atoms with E-state index in [1.54, 1.807) is 4.68 Å². The van der Waals surface area contributed by atoms with Gasteiger partial charge >= 0.3 is 0 Å². The minimum Gasteiger partial charge on any atom is -0.352 e. The second-order valence-electron chi connectivity index (χ2n) is 7.85. The average Bonchev–Trinajstić information content (AvgIpc) is 3.12. The van der Waals surface area contributed by atoms with Crippen molar-refractivity contribution in [3.8, 4) is 5.69 Å². The number of carbonyl (C=O) groups excluding carboxylic acids is 1. The topological polar surface area (TPSA) is 72.7 Å². The van der Waals surface area contributed by atoms with Crippen LogP contribution >= 0.6 is 11.8 Å². The normalized spacial score (nSPS) is 22.8. The lowest BCUT2D eigenvalue weighted by molar-refractivity contribution is -0.120. The maximum absolute atomic E-state index is 12.4. The maximum Gasteiger partial charge on any atom is 0.230 e. The molecule has 0 aliphatic heterocycles. The second-order valence-corrected chi connectivity index (χ2v) is 8.79. The number of benzene rings is 1. The van der Waals surface area contributed by atoms with Gasteiger partial charge in [-0.2, -0.15) is 4.68 Å². The zero-order chi connectivity index (χ0) is 19.4. The first-order chi connectivity index (χ1) is 13.0. The number of amides is 1. The van der Waals surface area contributed by atoms with Crippen LogP contribution in [0.15, 0.2) is 29.4 Å². The third-order valence-electron chi connectivity index (χ3n) is 5.63. The van der Waals surface area contributed by atoms with Crippen molar-refractivity contribution in [2.45, 2.75) is 64.1 Å². The Morgan fingerprint density at radius 1 is 1.26 bits per heavy atom. The highest BCUT2D eigenvalue weighted by atomic mass is 32.2. The molecule has 0 saturated heterocycles. The molecule has 1 N–H and O–H groups in total. The number of tetrazole rings is 1. The molecule has 27 heavy (non-hydrogen) atoms. The van der Waals surface area contributed by atoms with Crippen LogP contribution in [0.5, 0.6) is 0 Å². The molecule has 1 aliphatic carbocycles. The first-order valence-electron chi connectivity index (χ1n) is 9.76. The molecular formula is C20H29N5OS. The van der Waals surface area contributed by atoms with Crippen LogP contribution in [0.25, 0.3) is 5.69 Å². The van der Waals surface area contributed by atoms with Crippen LogP contribution in [0.2, 0.25) is 0 Å². The zero-order valence-corrected chi connectivity index (χ0v) is 17.4. The Labute approximate surface area is 165 Å². The molecule has 3 rings (SSSR count). The van der Waals surface area contributed by atoms with Gasteiger partial charge in [0.05, 0.1) is 11.4 Å². The molecule has 1 aliphatic rings. The Bertz CT molecular complexity index is 758. The van der Waals surface area contributed by atoms with Gasteiger partial charge in [0.15, 0.2) is 0 Å². The molecule has 0 bridgehead atoms. The van der Waals surface area contributed by atoms with E-state index in [-0.39, 0.29) is 11.9 Å². The van der Waals surface area contributed by atoms with Crippen molar-refractivity contribution in [3.05, 3.63) is 29.8 Å². The van der Waals surface area contributed by atoms with E-state index >= 15 is 0 Å². The van der Waals surface area contributed by atoms with Crippen molar-refractivity contribution in [2.75, 3.05) is 5.75 Å². The van der Waals surface area contributed by atoms with Crippen molar-refractivity contribution in [3.63, 3.8) is 0 Å². The quantitative estimate of drug-likeness (QED) is 0.763. The van der Waals surface area contributed by atoms with Gasteiger partial charge in [0.25, 0.3) is 0 Å². The first-order valence-corrected chi connectivity index (χ1v) is 10.7. The van der Waals surface area contributed by atoms with Crippen LogP contribution in [0.4, 0.5) is 0 Å². The Balaban J connectivity index is 1.59. The van der Waals surface area contributed by atoms with E-state index in [0.717, 1.165) is 12.1 Å². The third-order valence-corrected chi connectivity index (χ3v) is 6.55. The summed E-state index contributed by atoms with van der Waals surface area (Å²) in [6.45, 7) is 8.85. The minimum absolute atomic E-state index is 0.0515. The molecular weight excluding hydrogens is 358 g/mol. The lowest BCUT2D eigenvalue weighted by Crippen LogP contribution is -2.44. The summed E-state index contributed by atoms with van der Waals surface area (Å²) in [7, 11) is 0. The molecule has 1 aromatic carbocycles. The van der Waals surface area contributed by atoms with Gasteiger partial charge < -0.3 is 5.32 Å². The zero-order valence-electron chi connectivity index (χ0n) is 16.6. The summed E-state index contributed by atoms with van der Waals surface area (Å²) in [6, 6.07) is 8.49. The number of rotatable bonds is 6. The van der Waals surface area contributed by atoms with Crippen molar-refractivity contribution < 1.29 is 4.79 Å². The van der Waals surface area contributed by atoms with Gasteiger partial charge in [-0.1, -0.05) is 64.4 Å². The largest absolute Gasteiger partial charge is 0.352 e. The lowest BCUT2D eigenvalue weighted by atomic mass is 9.78. The summed E-state index contributed by atoms with van der Waals surface area (Å²) in [5, 5.41) is 15.8. The van der Waals surface area contributed by atoms with E-state index < -0.39 is 0 Å². The van der Waals surface area contributed by atoms with E-state index in [4.69, 9.17) is 0 Å². The number of nitrogens with one attached hydrogen (secondary N) is 1. The van der Waals surface area contributed by atoms with Crippen LogP contribution in [-0.2, 0) is 4.79 Å². The molecule has 0 radical (unpaired) electrons. The molecule has 1 heterocycles. The number of nitrogens with zero attached hydrogens (tertiary/aromatic N) is 4. The van der Waals surface area contributed by atoms with E-state index in [9.17, 15) is 4.79 Å². The van der Waals surface area contributed by atoms with Crippen LogP contribution in [0.1, 0.15) is 58.4 Å². The molecule has 2 aromatic rings. The van der Waals surface area contributed by atoms with E-state index in [1.807, 2.05) is 12.1 Å². The first kappa shape index (κ1) is 19.9. The van der Waals surface area contributed by atoms with Crippen LogP contribution in [0.3, 0.4) is 0 Å². The second kappa shape index (κ2) is 8.87. The standard InChI is InChI=1S/C20H29N5OS/c1-13(2)16-8-10-17(11-9-16)25-20(22-23-24-25)27-12-19(26)21-18-7-5-6-14(3)15(18)4/h8-11,13-15,18H,5-7,12H2,1-4H3,(H,21,26)/t14-,15-,18-/m1/s1. The van der Waals surface area contributed by atoms with Crippen molar-refractivity contribution in [1.29, 1.82) is 0 Å². The number of aromatic nitrogens is 4. The Kier molecular flexibility index (Phi) is 6.52. The van der Waals surface area contributed by atoms with E-state index in [2.05, 4.69) is 60.7 Å². The molecule has 0 unspecified atom stereocenters. The number of hydrogen-bond donors (Lipinski definition) is 1. The third kappa shape index (κ3) is 4.89. The smallest absolute Gasteiger partial charge is 0.230 e. The van der Waals surface area contributed by atoms with Crippen molar-refractivity contribution in [1.82, 2.24) is 25.5 Å². The summed E-state index contributed by atoms with van der Waals surface area (Å²) in [5.41, 5.74) is 2.18. The van der Waals surface area contributed by atoms with Gasteiger partial charge in [-0.15, -0.1) is 5.10 Å². The SMILES string of the molecule is CC(C)c1ccc(-n2nnnc2SCC(=O)N[C@@H]2CCC[C@@H](C)[C@H]2C)cc1. The predicted molar refractivity (Wildman–Crippen MR) is 108 cm³/mol. The maximum atomic E-state index is 12.4. The Morgan fingerprint density at radius 3 is 2.70 bits per heavy atom. The van der Waals surface area contributed by atoms with Gasteiger partial charge in [-0.25, -0.2) is 0 Å². The van der Waals surface area contributed by atoms with Gasteiger partial charge in [-0.05, 0) is 52.3 Å². The molecule has 1 aromatic heterocycles. The molecule has 6 nitrogen and oxygen atoms in total. The van der Waals surface area contributed by atoms with Gasteiger partial charge in [0, 0.05) is 6.04 Å². The van der Waals surface area contributed by atoms with Crippen molar-refractivity contribution >= 4 is 17.7 Å². The van der Waals surface area contributed by atoms with Gasteiger partial charge in [0.1, 0.15) is 0 Å². The molecule has 146 valence electrons. The molecule has 1 amide bonds. The van der Waals surface area contributed by atoms with E-state index in [0.29, 0.717) is 28.7 Å². The minimum atomic E-state index is 0.0515. The summed E-state index contributed by atoms with van der Waals surface area (Å²) in [4.78, 5) is 12.4. The molecule has 1 fully saturated rings. The summed E-state index contributed by atoms with van der Waals surface area (Å²) in [5.74, 6) is 2.04. The van der Waals surface area contributed by atoms with Crippen LogP contribution < -0.4 is 5.32 Å². The Morgan fingerprint density at radius 2 is 2.00 bits per heavy atom. The average molecular weight is 388 g/mol. The fourth-order valence-electron chi connectivity index (χ4n) is 3.60. The molecule has 7 heteroatoms. The monoisotopic (exact) mass is 387 g/mol. The van der Waals surface area contributed by atoms with Crippen molar-refractivity contribution in [2.24, 2.45) is 11.8 Å². The Hall–Kier alpha value is -1.89. The predicted octanol–water partition coefficient (Wildman–Crippen LogP) is 3.82. The van der Waals surface area contributed by atoms with Gasteiger partial charge in [-0.3, -0.25) is 4.79 Å². The van der Waals surface area contributed by atoms with Crippen LogP contribution in [0, 0.1) is 11.8 Å². The van der Waals surface area contributed by atoms with Crippen LogP contribution in [-0.4, -0.2) is 37.9 Å². The van der Waals surface area contributed by atoms with Gasteiger partial charge in [0.2, 0.25) is 11.1 Å².